The Labute approximate surface area is 179 Å². The standard InChI is InChI=1S/C23H32N6O/c1-18-5-4-6-20(15-18)17-22(30)28-11-13-29(14-12-28)23-24-19(2)16-21(25-23)27-9-7-26(3)8-10-27/h4-6,15-16H,7-14,17H2,1-3H3. The van der Waals surface area contributed by atoms with Crippen molar-refractivity contribution in [1.82, 2.24) is 19.8 Å². The highest BCUT2D eigenvalue weighted by Crippen LogP contribution is 2.20. The molecule has 4 rings (SSSR count). The van der Waals surface area contributed by atoms with Gasteiger partial charge >= 0.3 is 0 Å². The van der Waals surface area contributed by atoms with Crippen molar-refractivity contribution >= 4 is 17.7 Å². The van der Waals surface area contributed by atoms with E-state index in [1.54, 1.807) is 0 Å². The Morgan fingerprint density at radius 1 is 0.900 bits per heavy atom. The number of rotatable bonds is 4. The number of hydrogen-bond donors (Lipinski definition) is 0. The molecule has 1 aromatic carbocycles. The van der Waals surface area contributed by atoms with Crippen molar-refractivity contribution in [1.29, 1.82) is 0 Å². The number of carbonyl (C=O) groups excluding carboxylic acids is 1. The van der Waals surface area contributed by atoms with Crippen LogP contribution in [0.25, 0.3) is 0 Å². The first-order chi connectivity index (χ1) is 14.5. The quantitative estimate of drug-likeness (QED) is 0.768. The van der Waals surface area contributed by atoms with Gasteiger partial charge < -0.3 is 19.6 Å². The second-order valence-electron chi connectivity index (χ2n) is 8.49. The summed E-state index contributed by atoms with van der Waals surface area (Å²) in [5.41, 5.74) is 3.27. The van der Waals surface area contributed by atoms with Crippen LogP contribution in [0.15, 0.2) is 30.3 Å². The minimum absolute atomic E-state index is 0.198. The highest BCUT2D eigenvalue weighted by atomic mass is 16.2. The van der Waals surface area contributed by atoms with Crippen LogP contribution in [-0.2, 0) is 11.2 Å². The maximum atomic E-state index is 12.7. The smallest absolute Gasteiger partial charge is 0.227 e. The Bertz CT molecular complexity index is 885. The van der Waals surface area contributed by atoms with Gasteiger partial charge in [0, 0.05) is 64.1 Å². The van der Waals surface area contributed by atoms with Crippen molar-refractivity contribution in [3.05, 3.63) is 47.2 Å². The molecule has 0 unspecified atom stereocenters. The molecule has 7 nitrogen and oxygen atoms in total. The summed E-state index contributed by atoms with van der Waals surface area (Å²) < 4.78 is 0. The van der Waals surface area contributed by atoms with Crippen LogP contribution in [0.4, 0.5) is 11.8 Å². The number of benzene rings is 1. The van der Waals surface area contributed by atoms with E-state index in [0.29, 0.717) is 19.5 Å². The zero-order chi connectivity index (χ0) is 21.1. The molecule has 0 radical (unpaired) electrons. The summed E-state index contributed by atoms with van der Waals surface area (Å²) in [7, 11) is 2.16. The molecule has 0 bridgehead atoms. The number of amides is 1. The summed E-state index contributed by atoms with van der Waals surface area (Å²) in [6, 6.07) is 10.3. The Morgan fingerprint density at radius 2 is 1.60 bits per heavy atom. The molecule has 7 heteroatoms. The SMILES string of the molecule is Cc1cccc(CC(=O)N2CCN(c3nc(C)cc(N4CCN(C)CC4)n3)CC2)c1. The molecule has 0 saturated carbocycles. The Kier molecular flexibility index (Phi) is 6.18. The lowest BCUT2D eigenvalue weighted by atomic mass is 10.1. The van der Waals surface area contributed by atoms with Gasteiger partial charge in [-0.1, -0.05) is 29.8 Å². The van der Waals surface area contributed by atoms with E-state index in [2.05, 4.69) is 51.9 Å². The van der Waals surface area contributed by atoms with Gasteiger partial charge in [-0.05, 0) is 26.5 Å². The van der Waals surface area contributed by atoms with Gasteiger partial charge in [0.1, 0.15) is 5.82 Å². The molecule has 2 fully saturated rings. The minimum atomic E-state index is 0.198. The van der Waals surface area contributed by atoms with E-state index in [4.69, 9.17) is 4.98 Å². The average Bonchev–Trinajstić information content (AvgIpc) is 2.74. The summed E-state index contributed by atoms with van der Waals surface area (Å²) >= 11 is 0. The van der Waals surface area contributed by atoms with Crippen molar-refractivity contribution in [3.8, 4) is 0 Å². The zero-order valence-electron chi connectivity index (χ0n) is 18.3. The second kappa shape index (κ2) is 9.00. The molecule has 30 heavy (non-hydrogen) atoms. The number of carbonyl (C=O) groups is 1. The van der Waals surface area contributed by atoms with E-state index in [-0.39, 0.29) is 5.91 Å². The van der Waals surface area contributed by atoms with Crippen LogP contribution in [0.3, 0.4) is 0 Å². The molecular formula is C23H32N6O. The Balaban J connectivity index is 1.37. The summed E-state index contributed by atoms with van der Waals surface area (Å²) in [4.78, 5) is 31.2. The molecular weight excluding hydrogens is 376 g/mol. The van der Waals surface area contributed by atoms with Gasteiger partial charge in [0.05, 0.1) is 6.42 Å². The van der Waals surface area contributed by atoms with Crippen LogP contribution in [0.2, 0.25) is 0 Å². The fourth-order valence-electron chi connectivity index (χ4n) is 4.14. The third-order valence-corrected chi connectivity index (χ3v) is 6.01. The zero-order valence-corrected chi connectivity index (χ0v) is 18.3. The highest BCUT2D eigenvalue weighted by Gasteiger charge is 2.24. The fourth-order valence-corrected chi connectivity index (χ4v) is 4.14. The van der Waals surface area contributed by atoms with Gasteiger partial charge in [-0.2, -0.15) is 4.98 Å². The van der Waals surface area contributed by atoms with E-state index in [0.717, 1.165) is 62.3 Å². The Morgan fingerprint density at radius 3 is 2.30 bits per heavy atom. The molecule has 0 spiro atoms. The van der Waals surface area contributed by atoms with E-state index in [9.17, 15) is 4.79 Å². The third-order valence-electron chi connectivity index (χ3n) is 6.01. The van der Waals surface area contributed by atoms with E-state index in [1.807, 2.05) is 24.0 Å². The van der Waals surface area contributed by atoms with E-state index < -0.39 is 0 Å². The van der Waals surface area contributed by atoms with Crippen LogP contribution in [0, 0.1) is 13.8 Å². The number of aromatic nitrogens is 2. The lowest BCUT2D eigenvalue weighted by Crippen LogP contribution is -2.50. The van der Waals surface area contributed by atoms with Crippen LogP contribution < -0.4 is 9.80 Å². The Hall–Kier alpha value is -2.67. The number of piperazine rings is 2. The highest BCUT2D eigenvalue weighted by molar-refractivity contribution is 5.79. The first kappa shape index (κ1) is 20.6. The van der Waals surface area contributed by atoms with Gasteiger partial charge in [-0.3, -0.25) is 4.79 Å². The molecule has 1 aromatic heterocycles. The molecule has 2 aliphatic heterocycles. The predicted octanol–water partition coefficient (Wildman–Crippen LogP) is 1.74. The van der Waals surface area contributed by atoms with Gasteiger partial charge in [0.25, 0.3) is 0 Å². The summed E-state index contributed by atoms with van der Waals surface area (Å²) in [6.07, 6.45) is 0.468. The number of nitrogens with zero attached hydrogens (tertiary/aromatic N) is 6. The molecule has 3 heterocycles. The predicted molar refractivity (Wildman–Crippen MR) is 120 cm³/mol. The number of hydrogen-bond acceptors (Lipinski definition) is 6. The molecule has 2 aromatic rings. The van der Waals surface area contributed by atoms with Crippen molar-refractivity contribution in [2.24, 2.45) is 0 Å². The summed E-state index contributed by atoms with van der Waals surface area (Å²) in [6.45, 7) is 11.2. The minimum Gasteiger partial charge on any atom is -0.354 e. The van der Waals surface area contributed by atoms with Crippen molar-refractivity contribution in [2.45, 2.75) is 20.3 Å². The summed E-state index contributed by atoms with van der Waals surface area (Å²) in [5, 5.41) is 0. The molecule has 0 N–H and O–H groups in total. The lowest BCUT2D eigenvalue weighted by molar-refractivity contribution is -0.130. The van der Waals surface area contributed by atoms with Gasteiger partial charge in [0.2, 0.25) is 11.9 Å². The second-order valence-corrected chi connectivity index (χ2v) is 8.49. The molecule has 1 amide bonds. The fraction of sp³-hybridized carbons (Fsp3) is 0.522. The average molecular weight is 409 g/mol. The van der Waals surface area contributed by atoms with Crippen LogP contribution in [0.5, 0.6) is 0 Å². The van der Waals surface area contributed by atoms with Crippen molar-refractivity contribution < 1.29 is 4.79 Å². The van der Waals surface area contributed by atoms with Crippen LogP contribution >= 0.6 is 0 Å². The maximum absolute atomic E-state index is 12.7. The van der Waals surface area contributed by atoms with Crippen LogP contribution in [0.1, 0.15) is 16.8 Å². The normalized spacial score (nSPS) is 18.0. The molecule has 160 valence electrons. The topological polar surface area (TPSA) is 55.8 Å². The number of likely N-dealkylation sites (N-methyl/N-ethyl adjacent to an activating group) is 1. The summed E-state index contributed by atoms with van der Waals surface area (Å²) in [5.74, 6) is 2.00. The van der Waals surface area contributed by atoms with Gasteiger partial charge in [-0.25, -0.2) is 4.98 Å². The van der Waals surface area contributed by atoms with Crippen LogP contribution in [-0.4, -0.2) is 85.1 Å². The van der Waals surface area contributed by atoms with Crippen molar-refractivity contribution in [3.63, 3.8) is 0 Å². The van der Waals surface area contributed by atoms with E-state index in [1.165, 1.54) is 5.56 Å². The molecule has 0 aliphatic carbocycles. The largest absolute Gasteiger partial charge is 0.354 e. The number of aryl methyl sites for hydroxylation is 2. The maximum Gasteiger partial charge on any atom is 0.227 e. The first-order valence-corrected chi connectivity index (χ1v) is 10.9. The van der Waals surface area contributed by atoms with E-state index >= 15 is 0 Å². The van der Waals surface area contributed by atoms with Gasteiger partial charge in [-0.15, -0.1) is 0 Å². The number of anilines is 2. The molecule has 0 atom stereocenters. The van der Waals surface area contributed by atoms with Gasteiger partial charge in [0.15, 0.2) is 0 Å². The molecule has 2 aliphatic rings. The van der Waals surface area contributed by atoms with Crippen molar-refractivity contribution in [2.75, 3.05) is 69.2 Å². The monoisotopic (exact) mass is 408 g/mol. The molecule has 2 saturated heterocycles. The first-order valence-electron chi connectivity index (χ1n) is 10.9. The third kappa shape index (κ3) is 4.90. The lowest BCUT2D eigenvalue weighted by Gasteiger charge is -2.36.